The molecule has 7 heteroatoms. The molecular weight excluding hydrogens is 224 g/mol. The fourth-order valence-corrected chi connectivity index (χ4v) is 1.89. The van der Waals surface area contributed by atoms with Crippen LogP contribution >= 0.6 is 11.8 Å². The van der Waals surface area contributed by atoms with E-state index in [0.717, 1.165) is 15.6 Å². The monoisotopic (exact) mass is 234 g/mol. The molecular formula is C9H10N6S. The molecule has 3 N–H and O–H groups in total. The molecule has 0 saturated heterocycles. The molecule has 0 saturated carbocycles. The molecule has 2 aromatic heterocycles. The number of rotatable bonds is 3. The van der Waals surface area contributed by atoms with Gasteiger partial charge in [-0.05, 0) is 18.7 Å². The summed E-state index contributed by atoms with van der Waals surface area (Å²) in [5.74, 6) is 5.95. The van der Waals surface area contributed by atoms with Gasteiger partial charge in [0.25, 0.3) is 0 Å². The third-order valence-electron chi connectivity index (χ3n) is 1.92. The summed E-state index contributed by atoms with van der Waals surface area (Å²) in [4.78, 5) is 16.3. The summed E-state index contributed by atoms with van der Waals surface area (Å²) >= 11 is 1.42. The van der Waals surface area contributed by atoms with Gasteiger partial charge in [0.2, 0.25) is 0 Å². The van der Waals surface area contributed by atoms with E-state index in [9.17, 15) is 0 Å². The zero-order chi connectivity index (χ0) is 11.4. The minimum atomic E-state index is 0.612. The van der Waals surface area contributed by atoms with Crippen molar-refractivity contribution in [2.24, 2.45) is 5.84 Å². The molecule has 0 aromatic carbocycles. The Labute approximate surface area is 96.7 Å². The van der Waals surface area contributed by atoms with Gasteiger partial charge in [0.1, 0.15) is 22.2 Å². The molecule has 0 amide bonds. The number of hydrogen-bond acceptors (Lipinski definition) is 7. The lowest BCUT2D eigenvalue weighted by Gasteiger charge is -2.06. The highest BCUT2D eigenvalue weighted by molar-refractivity contribution is 7.99. The first-order valence-electron chi connectivity index (χ1n) is 4.53. The summed E-state index contributed by atoms with van der Waals surface area (Å²) in [6.45, 7) is 1.90. The van der Waals surface area contributed by atoms with Crippen LogP contribution in [0.2, 0.25) is 0 Å². The van der Waals surface area contributed by atoms with Crippen molar-refractivity contribution in [2.75, 3.05) is 5.43 Å². The number of nitrogen functional groups attached to an aromatic ring is 1. The zero-order valence-corrected chi connectivity index (χ0v) is 9.40. The van der Waals surface area contributed by atoms with E-state index in [4.69, 9.17) is 5.84 Å². The number of nitrogens with one attached hydrogen (secondary N) is 1. The third kappa shape index (κ3) is 2.26. The van der Waals surface area contributed by atoms with E-state index < -0.39 is 0 Å². The first-order valence-corrected chi connectivity index (χ1v) is 5.35. The van der Waals surface area contributed by atoms with Crippen molar-refractivity contribution in [1.29, 1.82) is 0 Å². The van der Waals surface area contributed by atoms with Gasteiger partial charge in [-0.25, -0.2) is 20.8 Å². The topological polar surface area (TPSA) is 89.6 Å². The largest absolute Gasteiger partial charge is 0.308 e. The molecule has 0 fully saturated rings. The van der Waals surface area contributed by atoms with Crippen LogP contribution in [0.4, 0.5) is 5.82 Å². The maximum absolute atomic E-state index is 5.34. The van der Waals surface area contributed by atoms with Gasteiger partial charge in [0.05, 0.1) is 6.20 Å². The molecule has 0 atom stereocenters. The predicted molar refractivity (Wildman–Crippen MR) is 60.7 cm³/mol. The molecule has 0 bridgehead atoms. The van der Waals surface area contributed by atoms with Crippen LogP contribution < -0.4 is 11.3 Å². The molecule has 16 heavy (non-hydrogen) atoms. The lowest BCUT2D eigenvalue weighted by Crippen LogP contribution is -2.10. The quantitative estimate of drug-likeness (QED) is 0.465. The Hall–Kier alpha value is -1.73. The SMILES string of the molecule is Cc1c(NN)ncnc1Sc1cnccn1. The number of hydrogen-bond donors (Lipinski definition) is 2. The predicted octanol–water partition coefficient (Wildman–Crippen LogP) is 1.01. The number of nitrogens with two attached hydrogens (primary N) is 1. The van der Waals surface area contributed by atoms with Gasteiger partial charge in [-0.15, -0.1) is 0 Å². The molecule has 0 unspecified atom stereocenters. The van der Waals surface area contributed by atoms with Gasteiger partial charge in [-0.2, -0.15) is 0 Å². The summed E-state index contributed by atoms with van der Waals surface area (Å²) in [5, 5.41) is 1.59. The van der Waals surface area contributed by atoms with E-state index in [1.54, 1.807) is 18.6 Å². The summed E-state index contributed by atoms with van der Waals surface area (Å²) in [6, 6.07) is 0. The standard InChI is InChI=1S/C9H10N6S/c1-6-8(15-10)13-5-14-9(6)16-7-4-11-2-3-12-7/h2-5H,10H2,1H3,(H,13,14,15). The average molecular weight is 234 g/mol. The first-order chi connectivity index (χ1) is 7.81. The van der Waals surface area contributed by atoms with E-state index in [2.05, 4.69) is 25.4 Å². The van der Waals surface area contributed by atoms with Gasteiger partial charge in [0, 0.05) is 18.0 Å². The highest BCUT2D eigenvalue weighted by atomic mass is 32.2. The molecule has 0 aliphatic carbocycles. The van der Waals surface area contributed by atoms with Gasteiger partial charge in [-0.3, -0.25) is 4.98 Å². The maximum atomic E-state index is 5.34. The van der Waals surface area contributed by atoms with Crippen LogP contribution in [-0.2, 0) is 0 Å². The first kappa shape index (κ1) is 10.8. The summed E-state index contributed by atoms with van der Waals surface area (Å²) in [7, 11) is 0. The number of hydrazine groups is 1. The minimum absolute atomic E-state index is 0.612. The van der Waals surface area contributed by atoms with Crippen LogP contribution in [0, 0.1) is 6.92 Å². The Kier molecular flexibility index (Phi) is 3.28. The van der Waals surface area contributed by atoms with Crippen LogP contribution in [0.15, 0.2) is 35.0 Å². The zero-order valence-electron chi connectivity index (χ0n) is 8.58. The second-order valence-corrected chi connectivity index (χ2v) is 3.95. The average Bonchev–Trinajstić information content (AvgIpc) is 2.33. The van der Waals surface area contributed by atoms with Crippen LogP contribution in [0.5, 0.6) is 0 Å². The Morgan fingerprint density at radius 3 is 2.81 bits per heavy atom. The molecule has 0 radical (unpaired) electrons. The van der Waals surface area contributed by atoms with E-state index in [-0.39, 0.29) is 0 Å². The van der Waals surface area contributed by atoms with E-state index in [1.807, 2.05) is 6.92 Å². The van der Waals surface area contributed by atoms with Crippen LogP contribution in [-0.4, -0.2) is 19.9 Å². The van der Waals surface area contributed by atoms with Crippen molar-refractivity contribution in [3.8, 4) is 0 Å². The van der Waals surface area contributed by atoms with Gasteiger partial charge < -0.3 is 5.43 Å². The normalized spacial score (nSPS) is 10.1. The van der Waals surface area contributed by atoms with Gasteiger partial charge in [-0.1, -0.05) is 0 Å². The van der Waals surface area contributed by atoms with Crippen molar-refractivity contribution < 1.29 is 0 Å². The Balaban J connectivity index is 2.28. The van der Waals surface area contributed by atoms with Crippen LogP contribution in [0.25, 0.3) is 0 Å². The van der Waals surface area contributed by atoms with Crippen molar-refractivity contribution >= 4 is 17.6 Å². The second kappa shape index (κ2) is 4.86. The minimum Gasteiger partial charge on any atom is -0.308 e. The van der Waals surface area contributed by atoms with Crippen LogP contribution in [0.1, 0.15) is 5.56 Å². The van der Waals surface area contributed by atoms with E-state index in [1.165, 1.54) is 18.1 Å². The number of nitrogens with zero attached hydrogens (tertiary/aromatic N) is 4. The van der Waals surface area contributed by atoms with E-state index >= 15 is 0 Å². The number of anilines is 1. The fraction of sp³-hybridized carbons (Fsp3) is 0.111. The summed E-state index contributed by atoms with van der Waals surface area (Å²) in [6.07, 6.45) is 6.41. The fourth-order valence-electron chi connectivity index (χ4n) is 1.12. The molecule has 2 rings (SSSR count). The Morgan fingerprint density at radius 1 is 1.25 bits per heavy atom. The maximum Gasteiger partial charge on any atom is 0.147 e. The van der Waals surface area contributed by atoms with Crippen molar-refractivity contribution in [3.05, 3.63) is 30.5 Å². The van der Waals surface area contributed by atoms with Gasteiger partial charge >= 0.3 is 0 Å². The number of aromatic nitrogens is 4. The third-order valence-corrected chi connectivity index (χ3v) is 2.94. The smallest absolute Gasteiger partial charge is 0.147 e. The van der Waals surface area contributed by atoms with Crippen molar-refractivity contribution in [2.45, 2.75) is 17.0 Å². The highest BCUT2D eigenvalue weighted by Gasteiger charge is 2.08. The van der Waals surface area contributed by atoms with Crippen molar-refractivity contribution in [3.63, 3.8) is 0 Å². The summed E-state index contributed by atoms with van der Waals surface area (Å²) < 4.78 is 0. The molecule has 0 aliphatic rings. The second-order valence-electron chi connectivity index (χ2n) is 2.94. The van der Waals surface area contributed by atoms with Gasteiger partial charge in [0.15, 0.2) is 0 Å². The molecule has 2 aromatic rings. The molecule has 0 spiro atoms. The Bertz CT molecular complexity index is 475. The van der Waals surface area contributed by atoms with Crippen molar-refractivity contribution in [1.82, 2.24) is 19.9 Å². The van der Waals surface area contributed by atoms with E-state index in [0.29, 0.717) is 5.82 Å². The Morgan fingerprint density at radius 2 is 2.12 bits per heavy atom. The lowest BCUT2D eigenvalue weighted by atomic mass is 10.3. The molecule has 0 aliphatic heterocycles. The molecule has 82 valence electrons. The highest BCUT2D eigenvalue weighted by Crippen LogP contribution is 2.28. The van der Waals surface area contributed by atoms with Crippen LogP contribution in [0.3, 0.4) is 0 Å². The summed E-state index contributed by atoms with van der Waals surface area (Å²) in [5.41, 5.74) is 3.41. The lowest BCUT2D eigenvalue weighted by molar-refractivity contribution is 0.984. The molecule has 2 heterocycles. The molecule has 6 nitrogen and oxygen atoms in total.